The van der Waals surface area contributed by atoms with Crippen LogP contribution in [0.25, 0.3) is 0 Å². The lowest BCUT2D eigenvalue weighted by Gasteiger charge is -2.27. The van der Waals surface area contributed by atoms with E-state index in [1.54, 1.807) is 0 Å². The Morgan fingerprint density at radius 1 is 1.21 bits per heavy atom. The van der Waals surface area contributed by atoms with Crippen molar-refractivity contribution in [2.45, 2.75) is 25.6 Å². The standard InChI is InChI=1S/C15H21NO3/c17-14-6-8-16(9-7-14)10-15(18)12-19-11-13-4-2-1-3-5-13/h1-5,15,18H,6-12H2/t15-/m1/s1. The lowest BCUT2D eigenvalue weighted by molar-refractivity contribution is -0.121. The van der Waals surface area contributed by atoms with Crippen molar-refractivity contribution in [3.8, 4) is 0 Å². The molecule has 1 aliphatic rings. The zero-order chi connectivity index (χ0) is 13.5. The number of likely N-dealkylation sites (tertiary alicyclic amines) is 1. The summed E-state index contributed by atoms with van der Waals surface area (Å²) < 4.78 is 5.50. The first kappa shape index (κ1) is 14.2. The molecule has 0 unspecified atom stereocenters. The van der Waals surface area contributed by atoms with Gasteiger partial charge in [-0.05, 0) is 5.56 Å². The zero-order valence-corrected chi connectivity index (χ0v) is 11.1. The predicted octanol–water partition coefficient (Wildman–Crippen LogP) is 1.23. The largest absolute Gasteiger partial charge is 0.389 e. The maximum Gasteiger partial charge on any atom is 0.135 e. The minimum atomic E-state index is -0.489. The minimum Gasteiger partial charge on any atom is -0.389 e. The molecule has 0 bridgehead atoms. The number of nitrogens with zero attached hydrogens (tertiary/aromatic N) is 1. The molecule has 0 aromatic heterocycles. The van der Waals surface area contributed by atoms with Gasteiger partial charge in [0.25, 0.3) is 0 Å². The Morgan fingerprint density at radius 3 is 2.58 bits per heavy atom. The number of benzene rings is 1. The fraction of sp³-hybridized carbons (Fsp3) is 0.533. The Bertz CT molecular complexity index is 384. The van der Waals surface area contributed by atoms with E-state index in [0.29, 0.717) is 38.4 Å². The lowest BCUT2D eigenvalue weighted by Crippen LogP contribution is -2.40. The highest BCUT2D eigenvalue weighted by atomic mass is 16.5. The number of Topliss-reactive ketones (excluding diaryl/α,β-unsaturated/α-hetero) is 1. The van der Waals surface area contributed by atoms with E-state index >= 15 is 0 Å². The summed E-state index contributed by atoms with van der Waals surface area (Å²) in [4.78, 5) is 13.2. The first-order chi connectivity index (χ1) is 9.24. The molecule has 0 spiro atoms. The van der Waals surface area contributed by atoms with Gasteiger partial charge in [-0.3, -0.25) is 9.69 Å². The van der Waals surface area contributed by atoms with Crippen LogP contribution in [0.15, 0.2) is 30.3 Å². The highest BCUT2D eigenvalue weighted by molar-refractivity contribution is 5.79. The van der Waals surface area contributed by atoms with E-state index in [1.165, 1.54) is 0 Å². The molecule has 1 saturated heterocycles. The second kappa shape index (κ2) is 7.38. The highest BCUT2D eigenvalue weighted by Crippen LogP contribution is 2.07. The number of piperidine rings is 1. The van der Waals surface area contributed by atoms with Gasteiger partial charge in [-0.25, -0.2) is 0 Å². The summed E-state index contributed by atoms with van der Waals surface area (Å²) in [5.41, 5.74) is 1.11. The topological polar surface area (TPSA) is 49.8 Å². The fourth-order valence-corrected chi connectivity index (χ4v) is 2.22. The van der Waals surface area contributed by atoms with Gasteiger partial charge in [0.15, 0.2) is 0 Å². The van der Waals surface area contributed by atoms with E-state index < -0.39 is 6.10 Å². The molecule has 1 aliphatic heterocycles. The normalized spacial score (nSPS) is 18.5. The van der Waals surface area contributed by atoms with E-state index in [1.807, 2.05) is 30.3 Å². The van der Waals surface area contributed by atoms with Crippen LogP contribution in [-0.4, -0.2) is 48.1 Å². The summed E-state index contributed by atoms with van der Waals surface area (Å²) in [6, 6.07) is 9.92. The summed E-state index contributed by atoms with van der Waals surface area (Å²) in [5, 5.41) is 9.89. The Morgan fingerprint density at radius 2 is 1.89 bits per heavy atom. The van der Waals surface area contributed by atoms with Crippen LogP contribution in [-0.2, 0) is 16.1 Å². The number of rotatable bonds is 6. The van der Waals surface area contributed by atoms with E-state index in [2.05, 4.69) is 4.90 Å². The SMILES string of the molecule is O=C1CCN(C[C@@H](O)COCc2ccccc2)CC1. The Labute approximate surface area is 114 Å². The summed E-state index contributed by atoms with van der Waals surface area (Å²) in [6.45, 7) is 2.96. The molecule has 0 amide bonds. The van der Waals surface area contributed by atoms with Crippen LogP contribution >= 0.6 is 0 Å². The van der Waals surface area contributed by atoms with E-state index in [0.717, 1.165) is 18.7 Å². The average molecular weight is 263 g/mol. The summed E-state index contributed by atoms with van der Waals surface area (Å²) >= 11 is 0. The third-order valence-electron chi connectivity index (χ3n) is 3.30. The molecule has 1 aromatic rings. The third kappa shape index (κ3) is 5.11. The number of aliphatic hydroxyl groups is 1. The number of carbonyl (C=O) groups is 1. The highest BCUT2D eigenvalue weighted by Gasteiger charge is 2.18. The first-order valence-electron chi connectivity index (χ1n) is 6.78. The molecule has 4 heteroatoms. The fourth-order valence-electron chi connectivity index (χ4n) is 2.22. The van der Waals surface area contributed by atoms with Gasteiger partial charge in [-0.2, -0.15) is 0 Å². The second-order valence-corrected chi connectivity index (χ2v) is 4.99. The van der Waals surface area contributed by atoms with Crippen molar-refractivity contribution in [3.05, 3.63) is 35.9 Å². The molecule has 4 nitrogen and oxygen atoms in total. The first-order valence-corrected chi connectivity index (χ1v) is 6.78. The van der Waals surface area contributed by atoms with Gasteiger partial charge in [0.05, 0.1) is 19.3 Å². The molecule has 1 atom stereocenters. The van der Waals surface area contributed by atoms with Crippen molar-refractivity contribution in [1.82, 2.24) is 4.90 Å². The molecule has 104 valence electrons. The van der Waals surface area contributed by atoms with Gasteiger partial charge in [0, 0.05) is 32.5 Å². The molecule has 1 fully saturated rings. The number of carbonyl (C=O) groups excluding carboxylic acids is 1. The van der Waals surface area contributed by atoms with Crippen LogP contribution in [0.4, 0.5) is 0 Å². The van der Waals surface area contributed by atoms with Crippen LogP contribution in [0.5, 0.6) is 0 Å². The average Bonchev–Trinajstić information content (AvgIpc) is 2.43. The Kier molecular flexibility index (Phi) is 5.51. The molecule has 0 aliphatic carbocycles. The molecule has 19 heavy (non-hydrogen) atoms. The number of hydrogen-bond acceptors (Lipinski definition) is 4. The second-order valence-electron chi connectivity index (χ2n) is 4.99. The summed E-state index contributed by atoms with van der Waals surface area (Å²) in [5.74, 6) is 0.325. The lowest BCUT2D eigenvalue weighted by atomic mass is 10.1. The van der Waals surface area contributed by atoms with Gasteiger partial charge >= 0.3 is 0 Å². The van der Waals surface area contributed by atoms with Gasteiger partial charge < -0.3 is 9.84 Å². The van der Waals surface area contributed by atoms with Crippen molar-refractivity contribution < 1.29 is 14.6 Å². The quantitative estimate of drug-likeness (QED) is 0.838. The van der Waals surface area contributed by atoms with Crippen LogP contribution in [0.3, 0.4) is 0 Å². The third-order valence-corrected chi connectivity index (χ3v) is 3.30. The van der Waals surface area contributed by atoms with Gasteiger partial charge in [-0.1, -0.05) is 30.3 Å². The molecule has 0 radical (unpaired) electrons. The van der Waals surface area contributed by atoms with Crippen molar-refractivity contribution in [1.29, 1.82) is 0 Å². The van der Waals surface area contributed by atoms with Crippen LogP contribution in [0, 0.1) is 0 Å². The Hall–Kier alpha value is -1.23. The molecule has 0 saturated carbocycles. The zero-order valence-electron chi connectivity index (χ0n) is 11.1. The van der Waals surface area contributed by atoms with Crippen molar-refractivity contribution in [2.75, 3.05) is 26.2 Å². The predicted molar refractivity (Wildman–Crippen MR) is 72.8 cm³/mol. The molecular formula is C15H21NO3. The number of hydrogen-bond donors (Lipinski definition) is 1. The molecule has 1 N–H and O–H groups in total. The van der Waals surface area contributed by atoms with E-state index in [-0.39, 0.29) is 0 Å². The Balaban J connectivity index is 1.62. The van der Waals surface area contributed by atoms with Crippen molar-refractivity contribution in [2.24, 2.45) is 0 Å². The maximum atomic E-state index is 11.1. The smallest absolute Gasteiger partial charge is 0.135 e. The van der Waals surface area contributed by atoms with Crippen LogP contribution in [0.1, 0.15) is 18.4 Å². The summed E-state index contributed by atoms with van der Waals surface area (Å²) in [7, 11) is 0. The van der Waals surface area contributed by atoms with E-state index in [9.17, 15) is 9.90 Å². The van der Waals surface area contributed by atoms with Crippen molar-refractivity contribution >= 4 is 5.78 Å². The minimum absolute atomic E-state index is 0.325. The molecule has 2 rings (SSSR count). The number of ketones is 1. The van der Waals surface area contributed by atoms with E-state index in [4.69, 9.17) is 4.74 Å². The number of β-amino-alcohol motifs (C(OH)–C–C–N with tert-alkyl or cyclic N) is 1. The van der Waals surface area contributed by atoms with Gasteiger partial charge in [0.1, 0.15) is 5.78 Å². The molecular weight excluding hydrogens is 242 g/mol. The van der Waals surface area contributed by atoms with Crippen molar-refractivity contribution in [3.63, 3.8) is 0 Å². The monoisotopic (exact) mass is 263 g/mol. The molecule has 1 aromatic carbocycles. The molecule has 1 heterocycles. The summed E-state index contributed by atoms with van der Waals surface area (Å²) in [6.07, 6.45) is 0.728. The van der Waals surface area contributed by atoms with Gasteiger partial charge in [-0.15, -0.1) is 0 Å². The maximum absolute atomic E-state index is 11.1. The van der Waals surface area contributed by atoms with Gasteiger partial charge in [0.2, 0.25) is 0 Å². The van der Waals surface area contributed by atoms with Crippen LogP contribution < -0.4 is 0 Å². The number of ether oxygens (including phenoxy) is 1. The number of aliphatic hydroxyl groups excluding tert-OH is 1. The van der Waals surface area contributed by atoms with Crippen LogP contribution in [0.2, 0.25) is 0 Å².